The number of halogens is 3. The predicted octanol–water partition coefficient (Wildman–Crippen LogP) is 6.81. The molecular weight excluding hydrogens is 478 g/mol. The molecule has 0 aromatic heterocycles. The fourth-order valence-electron chi connectivity index (χ4n) is 5.89. The van der Waals surface area contributed by atoms with Gasteiger partial charge in [0.15, 0.2) is 11.6 Å². The van der Waals surface area contributed by atoms with Crippen LogP contribution in [0, 0.1) is 11.6 Å². The molecular formula is C30H31ClF2N2O. The average molecular weight is 509 g/mol. The van der Waals surface area contributed by atoms with E-state index < -0.39 is 17.5 Å². The Morgan fingerprint density at radius 2 is 1.75 bits per heavy atom. The lowest BCUT2D eigenvalue weighted by molar-refractivity contribution is 0.0959. The summed E-state index contributed by atoms with van der Waals surface area (Å²) in [4.78, 5) is 15.7. The third-order valence-corrected chi connectivity index (χ3v) is 8.08. The summed E-state index contributed by atoms with van der Waals surface area (Å²) in [6, 6.07) is 17.6. The van der Waals surface area contributed by atoms with E-state index in [2.05, 4.69) is 50.4 Å². The number of nitrogens with zero attached hydrogens (tertiary/aromatic N) is 1. The van der Waals surface area contributed by atoms with Crippen molar-refractivity contribution in [2.24, 2.45) is 0 Å². The Balaban J connectivity index is 1.64. The van der Waals surface area contributed by atoms with E-state index in [1.807, 2.05) is 12.1 Å². The Hall–Kier alpha value is -2.76. The second-order valence-corrected chi connectivity index (χ2v) is 11.4. The Bertz CT molecular complexity index is 1290. The number of fused-ring (bicyclic) bond motifs is 2. The van der Waals surface area contributed by atoms with E-state index in [9.17, 15) is 13.6 Å². The zero-order valence-corrected chi connectivity index (χ0v) is 21.6. The number of hydrogen-bond donors (Lipinski definition) is 1. The highest BCUT2D eigenvalue weighted by molar-refractivity contribution is 6.30. The molecule has 3 aromatic carbocycles. The Morgan fingerprint density at radius 3 is 2.42 bits per heavy atom. The summed E-state index contributed by atoms with van der Waals surface area (Å²) in [5, 5.41) is 4.04. The molecule has 3 nitrogen and oxygen atoms in total. The molecule has 1 spiro atoms. The summed E-state index contributed by atoms with van der Waals surface area (Å²) in [5.41, 5.74) is 3.51. The molecule has 2 heterocycles. The molecule has 188 valence electrons. The van der Waals surface area contributed by atoms with Gasteiger partial charge in [0.05, 0.1) is 11.6 Å². The van der Waals surface area contributed by atoms with Crippen molar-refractivity contribution in [2.75, 3.05) is 18.0 Å². The van der Waals surface area contributed by atoms with E-state index in [1.165, 1.54) is 17.7 Å². The maximum absolute atomic E-state index is 14.8. The second kappa shape index (κ2) is 9.28. The molecule has 1 atom stereocenters. The van der Waals surface area contributed by atoms with Crippen LogP contribution in [-0.4, -0.2) is 25.0 Å². The standard InChI is InChI=1S/C30H31ClF2N2O/c1-29(2,3)20-9-7-19(8-10-20)17-26-30(13-15-34-16-14-30)23-18-21(31)11-12-25(23)35(26)28(36)22-5-4-6-24(32)27(22)33/h4-12,18,26,34H,13-17H2,1-3H3. The molecule has 2 aliphatic rings. The molecule has 1 amide bonds. The maximum Gasteiger partial charge on any atom is 0.261 e. The first-order valence-electron chi connectivity index (χ1n) is 12.5. The zero-order valence-electron chi connectivity index (χ0n) is 20.9. The fourth-order valence-corrected chi connectivity index (χ4v) is 6.06. The van der Waals surface area contributed by atoms with E-state index in [0.717, 1.165) is 48.8 Å². The fraction of sp³-hybridized carbons (Fsp3) is 0.367. The number of amides is 1. The summed E-state index contributed by atoms with van der Waals surface area (Å²) < 4.78 is 29.0. The lowest BCUT2D eigenvalue weighted by atomic mass is 9.68. The summed E-state index contributed by atoms with van der Waals surface area (Å²) in [6.07, 6.45) is 2.24. The van der Waals surface area contributed by atoms with Crippen molar-refractivity contribution in [2.45, 2.75) is 56.9 Å². The van der Waals surface area contributed by atoms with Crippen LogP contribution in [-0.2, 0) is 17.3 Å². The number of carbonyl (C=O) groups excluding carboxylic acids is 1. The molecule has 1 saturated heterocycles. The quantitative estimate of drug-likeness (QED) is 0.421. The van der Waals surface area contributed by atoms with Crippen molar-refractivity contribution in [3.05, 3.63) is 99.6 Å². The minimum absolute atomic E-state index is 0.0338. The van der Waals surface area contributed by atoms with Gasteiger partial charge in [-0.15, -0.1) is 0 Å². The topological polar surface area (TPSA) is 32.3 Å². The van der Waals surface area contributed by atoms with Crippen molar-refractivity contribution >= 4 is 23.2 Å². The van der Waals surface area contributed by atoms with E-state index in [4.69, 9.17) is 11.6 Å². The predicted molar refractivity (Wildman–Crippen MR) is 141 cm³/mol. The highest BCUT2D eigenvalue weighted by atomic mass is 35.5. The van der Waals surface area contributed by atoms with Crippen molar-refractivity contribution in [3.8, 4) is 0 Å². The second-order valence-electron chi connectivity index (χ2n) is 11.0. The molecule has 1 N–H and O–H groups in total. The first-order chi connectivity index (χ1) is 17.1. The lowest BCUT2D eigenvalue weighted by Crippen LogP contribution is -2.53. The Labute approximate surface area is 216 Å². The molecule has 5 rings (SSSR count). The highest BCUT2D eigenvalue weighted by Crippen LogP contribution is 2.52. The van der Waals surface area contributed by atoms with Crippen molar-refractivity contribution in [1.82, 2.24) is 5.32 Å². The van der Waals surface area contributed by atoms with Crippen LogP contribution in [0.1, 0.15) is 60.7 Å². The first-order valence-corrected chi connectivity index (χ1v) is 12.9. The summed E-state index contributed by atoms with van der Waals surface area (Å²) >= 11 is 6.46. The number of carbonyl (C=O) groups is 1. The van der Waals surface area contributed by atoms with Gasteiger partial charge in [0.25, 0.3) is 5.91 Å². The summed E-state index contributed by atoms with van der Waals surface area (Å²) in [5.74, 6) is -2.66. The van der Waals surface area contributed by atoms with Gasteiger partial charge in [-0.25, -0.2) is 8.78 Å². The Morgan fingerprint density at radius 1 is 1.06 bits per heavy atom. The number of piperidine rings is 1. The van der Waals surface area contributed by atoms with E-state index in [0.29, 0.717) is 11.4 Å². The van der Waals surface area contributed by atoms with Crippen LogP contribution in [0.25, 0.3) is 0 Å². The minimum atomic E-state index is -1.11. The lowest BCUT2D eigenvalue weighted by Gasteiger charge is -2.42. The normalized spacial score (nSPS) is 18.9. The van der Waals surface area contributed by atoms with Gasteiger partial charge in [-0.2, -0.15) is 0 Å². The molecule has 36 heavy (non-hydrogen) atoms. The van der Waals surface area contributed by atoms with Crippen LogP contribution in [0.5, 0.6) is 0 Å². The molecule has 2 aliphatic heterocycles. The van der Waals surface area contributed by atoms with Crippen molar-refractivity contribution < 1.29 is 13.6 Å². The van der Waals surface area contributed by atoms with E-state index in [-0.39, 0.29) is 22.4 Å². The van der Waals surface area contributed by atoms with Crippen LogP contribution in [0.4, 0.5) is 14.5 Å². The van der Waals surface area contributed by atoms with Gasteiger partial charge in [-0.3, -0.25) is 4.79 Å². The molecule has 6 heteroatoms. The number of nitrogens with one attached hydrogen (secondary N) is 1. The smallest absolute Gasteiger partial charge is 0.261 e. The molecule has 0 bridgehead atoms. The monoisotopic (exact) mass is 508 g/mol. The van der Waals surface area contributed by atoms with Crippen LogP contribution in [0.3, 0.4) is 0 Å². The van der Waals surface area contributed by atoms with Gasteiger partial charge in [-0.05, 0) is 84.8 Å². The van der Waals surface area contributed by atoms with Crippen molar-refractivity contribution in [3.63, 3.8) is 0 Å². The third-order valence-electron chi connectivity index (χ3n) is 7.85. The molecule has 0 radical (unpaired) electrons. The molecule has 1 unspecified atom stereocenters. The van der Waals surface area contributed by atoms with Crippen LogP contribution in [0.2, 0.25) is 5.02 Å². The molecule has 1 fully saturated rings. The van der Waals surface area contributed by atoms with E-state index in [1.54, 1.807) is 11.0 Å². The number of benzene rings is 3. The minimum Gasteiger partial charge on any atom is -0.317 e. The van der Waals surface area contributed by atoms with Gasteiger partial charge in [0.2, 0.25) is 0 Å². The third kappa shape index (κ3) is 4.22. The van der Waals surface area contributed by atoms with Gasteiger partial charge in [-0.1, -0.05) is 62.7 Å². The summed E-state index contributed by atoms with van der Waals surface area (Å²) in [6.45, 7) is 8.15. The van der Waals surface area contributed by atoms with Gasteiger partial charge >= 0.3 is 0 Å². The summed E-state index contributed by atoms with van der Waals surface area (Å²) in [7, 11) is 0. The van der Waals surface area contributed by atoms with Gasteiger partial charge < -0.3 is 10.2 Å². The number of anilines is 1. The molecule has 0 saturated carbocycles. The maximum atomic E-state index is 14.8. The average Bonchev–Trinajstić information content (AvgIpc) is 3.09. The first kappa shape index (κ1) is 24.9. The highest BCUT2D eigenvalue weighted by Gasteiger charge is 2.53. The molecule has 0 aliphatic carbocycles. The number of hydrogen-bond acceptors (Lipinski definition) is 2. The van der Waals surface area contributed by atoms with Crippen LogP contribution < -0.4 is 10.2 Å². The van der Waals surface area contributed by atoms with E-state index >= 15 is 0 Å². The largest absolute Gasteiger partial charge is 0.317 e. The van der Waals surface area contributed by atoms with Gasteiger partial charge in [0, 0.05) is 16.1 Å². The van der Waals surface area contributed by atoms with Crippen LogP contribution >= 0.6 is 11.6 Å². The Kier molecular flexibility index (Phi) is 6.42. The zero-order chi connectivity index (χ0) is 25.7. The SMILES string of the molecule is CC(C)(C)c1ccc(CC2N(C(=O)c3cccc(F)c3F)c3ccc(Cl)cc3C23CCNCC3)cc1. The number of rotatable bonds is 3. The van der Waals surface area contributed by atoms with Crippen molar-refractivity contribution in [1.29, 1.82) is 0 Å². The molecule has 3 aromatic rings. The van der Waals surface area contributed by atoms with Gasteiger partial charge in [0.1, 0.15) is 0 Å². The van der Waals surface area contributed by atoms with Crippen LogP contribution in [0.15, 0.2) is 60.7 Å².